The monoisotopic (exact) mass is 370 g/mol. The molecule has 1 aliphatic carbocycles. The van der Waals surface area contributed by atoms with E-state index >= 15 is 0 Å². The van der Waals surface area contributed by atoms with Crippen molar-refractivity contribution in [3.05, 3.63) is 17.0 Å². The van der Waals surface area contributed by atoms with E-state index in [-0.39, 0.29) is 5.91 Å². The molecule has 2 aliphatic rings. The van der Waals surface area contributed by atoms with Crippen molar-refractivity contribution in [3.63, 3.8) is 0 Å². The van der Waals surface area contributed by atoms with Gasteiger partial charge in [-0.05, 0) is 50.7 Å². The Morgan fingerprint density at radius 3 is 2.62 bits per heavy atom. The molecule has 134 valence electrons. The van der Waals surface area contributed by atoms with Gasteiger partial charge in [-0.25, -0.2) is 8.42 Å². The maximum atomic E-state index is 12.8. The largest absolute Gasteiger partial charge is 0.354 e. The third-order valence-electron chi connectivity index (χ3n) is 5.07. The maximum absolute atomic E-state index is 12.8. The van der Waals surface area contributed by atoms with Gasteiger partial charge < -0.3 is 5.32 Å². The highest BCUT2D eigenvalue weighted by molar-refractivity contribution is 7.91. The third-order valence-corrected chi connectivity index (χ3v) is 8.45. The molecule has 24 heavy (non-hydrogen) atoms. The van der Waals surface area contributed by atoms with E-state index < -0.39 is 16.1 Å². The summed E-state index contributed by atoms with van der Waals surface area (Å²) in [5.74, 6) is 0.420. The first kappa shape index (κ1) is 17.9. The molecule has 0 radical (unpaired) electrons. The van der Waals surface area contributed by atoms with Gasteiger partial charge in [0.1, 0.15) is 10.3 Å². The van der Waals surface area contributed by atoms with Crippen LogP contribution in [0.15, 0.2) is 16.3 Å². The fraction of sp³-hybridized carbons (Fsp3) is 0.706. The van der Waals surface area contributed by atoms with Crippen molar-refractivity contribution in [2.75, 3.05) is 13.1 Å². The molecular weight excluding hydrogens is 344 g/mol. The molecular formula is C17H26N2O3S2. The zero-order valence-corrected chi connectivity index (χ0v) is 15.8. The highest BCUT2D eigenvalue weighted by Crippen LogP contribution is 2.30. The van der Waals surface area contributed by atoms with Gasteiger partial charge in [-0.15, -0.1) is 11.3 Å². The minimum atomic E-state index is -3.56. The second-order valence-corrected chi connectivity index (χ2v) is 10.3. The van der Waals surface area contributed by atoms with E-state index in [9.17, 15) is 13.2 Å². The highest BCUT2D eigenvalue weighted by Gasteiger charge is 2.40. The van der Waals surface area contributed by atoms with E-state index in [1.165, 1.54) is 47.7 Å². The molecule has 1 aliphatic heterocycles. The van der Waals surface area contributed by atoms with E-state index in [4.69, 9.17) is 0 Å². The number of nitrogens with zero attached hydrogens (tertiary/aromatic N) is 1. The fourth-order valence-corrected chi connectivity index (χ4v) is 6.78. The van der Waals surface area contributed by atoms with Gasteiger partial charge in [0.15, 0.2) is 0 Å². The summed E-state index contributed by atoms with van der Waals surface area (Å²) >= 11 is 1.27. The molecule has 0 spiro atoms. The predicted octanol–water partition coefficient (Wildman–Crippen LogP) is 2.91. The molecule has 1 saturated heterocycles. The summed E-state index contributed by atoms with van der Waals surface area (Å²) in [7, 11) is -3.56. The number of aryl methyl sites for hydroxylation is 1. The van der Waals surface area contributed by atoms with E-state index in [1.807, 2.05) is 13.0 Å². The molecule has 7 heteroatoms. The number of hydrogen-bond donors (Lipinski definition) is 1. The third kappa shape index (κ3) is 3.83. The number of hydrogen-bond acceptors (Lipinski definition) is 4. The van der Waals surface area contributed by atoms with Crippen LogP contribution in [0, 0.1) is 12.8 Å². The standard InChI is InChI=1S/C17H26N2O3S2/c1-13-9-10-16(23-13)24(21,22)19-11-5-8-15(19)17(20)18-12-14-6-3-2-4-7-14/h9-10,14-15H,2-8,11-12H2,1H3,(H,18,20). The van der Waals surface area contributed by atoms with Crippen molar-refractivity contribution in [3.8, 4) is 0 Å². The zero-order chi connectivity index (χ0) is 17.2. The lowest BCUT2D eigenvalue weighted by Crippen LogP contribution is -2.46. The van der Waals surface area contributed by atoms with Crippen molar-refractivity contribution < 1.29 is 13.2 Å². The van der Waals surface area contributed by atoms with Gasteiger partial charge in [-0.3, -0.25) is 4.79 Å². The van der Waals surface area contributed by atoms with Crippen molar-refractivity contribution in [2.24, 2.45) is 5.92 Å². The van der Waals surface area contributed by atoms with Crippen molar-refractivity contribution in [1.82, 2.24) is 9.62 Å². The van der Waals surface area contributed by atoms with Gasteiger partial charge in [-0.2, -0.15) is 4.31 Å². The molecule has 0 bridgehead atoms. The van der Waals surface area contributed by atoms with Crippen LogP contribution in [0.2, 0.25) is 0 Å². The lowest BCUT2D eigenvalue weighted by atomic mass is 9.89. The molecule has 1 aromatic rings. The summed E-state index contributed by atoms with van der Waals surface area (Å²) in [4.78, 5) is 13.5. The van der Waals surface area contributed by atoms with Crippen LogP contribution >= 0.6 is 11.3 Å². The van der Waals surface area contributed by atoms with Crippen LogP contribution in [0.25, 0.3) is 0 Å². The molecule has 1 amide bonds. The quantitative estimate of drug-likeness (QED) is 0.867. The Morgan fingerprint density at radius 2 is 1.96 bits per heavy atom. The summed E-state index contributed by atoms with van der Waals surface area (Å²) in [6, 6.07) is 2.90. The summed E-state index contributed by atoms with van der Waals surface area (Å²) < 4.78 is 27.4. The first-order valence-electron chi connectivity index (χ1n) is 8.84. The van der Waals surface area contributed by atoms with Crippen LogP contribution in [0.1, 0.15) is 49.8 Å². The summed E-state index contributed by atoms with van der Waals surface area (Å²) in [6.07, 6.45) is 7.46. The summed E-state index contributed by atoms with van der Waals surface area (Å²) in [6.45, 7) is 3.00. The van der Waals surface area contributed by atoms with Gasteiger partial charge in [0.2, 0.25) is 5.91 Å². The van der Waals surface area contributed by atoms with E-state index in [2.05, 4.69) is 5.32 Å². The molecule has 1 N–H and O–H groups in total. The molecule has 1 saturated carbocycles. The first-order chi connectivity index (χ1) is 11.5. The van der Waals surface area contributed by atoms with Crippen molar-refractivity contribution in [1.29, 1.82) is 0 Å². The minimum absolute atomic E-state index is 0.130. The molecule has 2 heterocycles. The SMILES string of the molecule is Cc1ccc(S(=O)(=O)N2CCCC2C(=O)NCC2CCCCC2)s1. The highest BCUT2D eigenvalue weighted by atomic mass is 32.2. The van der Waals surface area contributed by atoms with Crippen LogP contribution in [0.4, 0.5) is 0 Å². The van der Waals surface area contributed by atoms with Crippen LogP contribution in [-0.4, -0.2) is 37.8 Å². The Morgan fingerprint density at radius 1 is 1.21 bits per heavy atom. The zero-order valence-electron chi connectivity index (χ0n) is 14.2. The topological polar surface area (TPSA) is 66.5 Å². The van der Waals surface area contributed by atoms with Gasteiger partial charge in [0.25, 0.3) is 10.0 Å². The van der Waals surface area contributed by atoms with Crippen LogP contribution in [0.5, 0.6) is 0 Å². The molecule has 1 unspecified atom stereocenters. The molecule has 0 aromatic carbocycles. The average molecular weight is 371 g/mol. The Balaban J connectivity index is 1.65. The Bertz CT molecular complexity index is 678. The smallest absolute Gasteiger partial charge is 0.253 e. The van der Waals surface area contributed by atoms with E-state index in [1.54, 1.807) is 6.07 Å². The number of carbonyl (C=O) groups is 1. The van der Waals surface area contributed by atoms with Crippen LogP contribution < -0.4 is 5.32 Å². The number of nitrogens with one attached hydrogen (secondary N) is 1. The first-order valence-corrected chi connectivity index (χ1v) is 11.1. The summed E-state index contributed by atoms with van der Waals surface area (Å²) in [5.41, 5.74) is 0. The van der Waals surface area contributed by atoms with Crippen molar-refractivity contribution >= 4 is 27.3 Å². The second kappa shape index (κ2) is 7.54. The predicted molar refractivity (Wildman–Crippen MR) is 95.6 cm³/mol. The number of sulfonamides is 1. The number of thiophene rings is 1. The lowest BCUT2D eigenvalue weighted by Gasteiger charge is -2.25. The number of rotatable bonds is 5. The fourth-order valence-electron chi connectivity index (χ4n) is 3.71. The molecule has 2 fully saturated rings. The number of carbonyl (C=O) groups excluding carboxylic acids is 1. The molecule has 5 nitrogen and oxygen atoms in total. The van der Waals surface area contributed by atoms with Crippen LogP contribution in [0.3, 0.4) is 0 Å². The second-order valence-electron chi connectivity index (χ2n) is 6.89. The summed E-state index contributed by atoms with van der Waals surface area (Å²) in [5, 5.41) is 3.01. The molecule has 1 atom stereocenters. The Labute approximate surface area is 148 Å². The van der Waals surface area contributed by atoms with Crippen molar-refractivity contribution in [2.45, 2.75) is 62.1 Å². The normalized spacial score (nSPS) is 23.5. The van der Waals surface area contributed by atoms with Gasteiger partial charge >= 0.3 is 0 Å². The van der Waals surface area contributed by atoms with E-state index in [0.717, 1.165) is 11.3 Å². The minimum Gasteiger partial charge on any atom is -0.354 e. The van der Waals surface area contributed by atoms with Crippen LogP contribution in [-0.2, 0) is 14.8 Å². The molecule has 1 aromatic heterocycles. The van der Waals surface area contributed by atoms with Gasteiger partial charge in [0, 0.05) is 18.0 Å². The average Bonchev–Trinajstić information content (AvgIpc) is 3.23. The Kier molecular flexibility index (Phi) is 5.62. The van der Waals surface area contributed by atoms with Gasteiger partial charge in [-0.1, -0.05) is 19.3 Å². The van der Waals surface area contributed by atoms with E-state index in [0.29, 0.717) is 29.6 Å². The Hall–Kier alpha value is -0.920. The lowest BCUT2D eigenvalue weighted by molar-refractivity contribution is -0.124. The van der Waals surface area contributed by atoms with Gasteiger partial charge in [0.05, 0.1) is 0 Å². The maximum Gasteiger partial charge on any atom is 0.253 e. The number of amides is 1. The molecule has 3 rings (SSSR count).